The highest BCUT2D eigenvalue weighted by Crippen LogP contribution is 2.42. The molecule has 1 aromatic carbocycles. The minimum Gasteiger partial charge on any atom is -0.490 e. The smallest absolute Gasteiger partial charge is 0.119 e. The quantitative estimate of drug-likeness (QED) is 0.455. The molecule has 0 aromatic heterocycles. The van der Waals surface area contributed by atoms with E-state index >= 15 is 0 Å². The van der Waals surface area contributed by atoms with Crippen molar-refractivity contribution in [3.63, 3.8) is 0 Å². The van der Waals surface area contributed by atoms with Crippen LogP contribution in [0.4, 0.5) is 0 Å². The van der Waals surface area contributed by atoms with Gasteiger partial charge in [-0.25, -0.2) is 0 Å². The highest BCUT2D eigenvalue weighted by atomic mass is 16.6. The molecule has 0 spiro atoms. The maximum absolute atomic E-state index is 5.79. The van der Waals surface area contributed by atoms with E-state index in [0.717, 1.165) is 31.4 Å². The molecule has 0 bridgehead atoms. The number of epoxide rings is 1. The van der Waals surface area contributed by atoms with E-state index in [1.165, 1.54) is 17.6 Å². The first-order valence-corrected chi connectivity index (χ1v) is 8.62. The third kappa shape index (κ3) is 4.88. The van der Waals surface area contributed by atoms with Crippen LogP contribution in [0, 0.1) is 0 Å². The van der Waals surface area contributed by atoms with Gasteiger partial charge in [-0.05, 0) is 63.3 Å². The van der Waals surface area contributed by atoms with Gasteiger partial charge >= 0.3 is 0 Å². The minimum absolute atomic E-state index is 0.150. The van der Waals surface area contributed by atoms with E-state index < -0.39 is 0 Å². The fourth-order valence-corrected chi connectivity index (χ4v) is 2.75. The van der Waals surface area contributed by atoms with E-state index in [1.807, 2.05) is 0 Å². The highest BCUT2D eigenvalue weighted by Gasteiger charge is 2.49. The van der Waals surface area contributed by atoms with Crippen molar-refractivity contribution in [3.8, 4) is 5.75 Å². The van der Waals surface area contributed by atoms with Crippen molar-refractivity contribution in [2.75, 3.05) is 6.61 Å². The van der Waals surface area contributed by atoms with E-state index in [1.54, 1.807) is 0 Å². The molecule has 1 saturated heterocycles. The fourth-order valence-electron chi connectivity index (χ4n) is 2.75. The lowest BCUT2D eigenvalue weighted by Gasteiger charge is -2.06. The zero-order valence-corrected chi connectivity index (χ0v) is 14.5. The van der Waals surface area contributed by atoms with Crippen molar-refractivity contribution < 1.29 is 9.47 Å². The summed E-state index contributed by atoms with van der Waals surface area (Å²) in [4.78, 5) is 0. The monoisotopic (exact) mass is 302 g/mol. The third-order valence-electron chi connectivity index (χ3n) is 4.68. The van der Waals surface area contributed by atoms with Crippen LogP contribution in [-0.4, -0.2) is 18.3 Å². The summed E-state index contributed by atoms with van der Waals surface area (Å²) in [6.07, 6.45) is 8.29. The van der Waals surface area contributed by atoms with Crippen LogP contribution in [0.2, 0.25) is 0 Å². The van der Waals surface area contributed by atoms with Gasteiger partial charge in [0.2, 0.25) is 0 Å². The first-order valence-electron chi connectivity index (χ1n) is 8.62. The van der Waals surface area contributed by atoms with Gasteiger partial charge in [0, 0.05) is 0 Å². The molecule has 0 saturated carbocycles. The molecule has 1 aliphatic heterocycles. The summed E-state index contributed by atoms with van der Waals surface area (Å²) in [7, 11) is 0. The van der Waals surface area contributed by atoms with Gasteiger partial charge in [-0.1, -0.05) is 38.0 Å². The third-order valence-corrected chi connectivity index (χ3v) is 4.68. The number of hydrogen-bond donors (Lipinski definition) is 0. The van der Waals surface area contributed by atoms with E-state index in [-0.39, 0.29) is 5.60 Å². The number of ether oxygens (including phenoxy) is 2. The molecular formula is C20H30O2. The Morgan fingerprint density at radius 1 is 1.27 bits per heavy atom. The Labute approximate surface area is 135 Å². The van der Waals surface area contributed by atoms with E-state index in [2.05, 4.69) is 58.0 Å². The van der Waals surface area contributed by atoms with Gasteiger partial charge in [-0.15, -0.1) is 0 Å². The molecule has 1 fully saturated rings. The largest absolute Gasteiger partial charge is 0.490 e. The first-order chi connectivity index (χ1) is 10.6. The normalized spacial score (nSPS) is 24.4. The van der Waals surface area contributed by atoms with Crippen LogP contribution in [0.15, 0.2) is 35.9 Å². The van der Waals surface area contributed by atoms with Crippen LogP contribution in [0.5, 0.6) is 5.75 Å². The maximum Gasteiger partial charge on any atom is 0.119 e. The lowest BCUT2D eigenvalue weighted by molar-refractivity contribution is 0.300. The summed E-state index contributed by atoms with van der Waals surface area (Å²) >= 11 is 0. The number of benzene rings is 1. The topological polar surface area (TPSA) is 21.8 Å². The molecule has 1 heterocycles. The van der Waals surface area contributed by atoms with Crippen LogP contribution in [0.25, 0.3) is 0 Å². The molecule has 2 atom stereocenters. The van der Waals surface area contributed by atoms with Crippen LogP contribution in [-0.2, 0) is 11.2 Å². The molecule has 22 heavy (non-hydrogen) atoms. The molecule has 2 nitrogen and oxygen atoms in total. The molecule has 0 N–H and O–H groups in total. The van der Waals surface area contributed by atoms with Crippen molar-refractivity contribution in [2.45, 2.75) is 71.5 Å². The SMILES string of the molecule is CCCc1ccc(OCC=C(C)CCC2OC2(C)CC)cc1. The van der Waals surface area contributed by atoms with Gasteiger partial charge in [0.15, 0.2) is 0 Å². The molecule has 2 unspecified atom stereocenters. The molecule has 1 aliphatic rings. The number of hydrogen-bond acceptors (Lipinski definition) is 2. The van der Waals surface area contributed by atoms with Crippen molar-refractivity contribution in [1.82, 2.24) is 0 Å². The van der Waals surface area contributed by atoms with Gasteiger partial charge in [0.05, 0.1) is 11.7 Å². The lowest BCUT2D eigenvalue weighted by atomic mass is 9.99. The Kier molecular flexibility index (Phi) is 6.07. The average Bonchev–Trinajstić information content (AvgIpc) is 3.19. The Balaban J connectivity index is 1.68. The predicted octanol–water partition coefficient (Wildman–Crippen LogP) is 5.31. The van der Waals surface area contributed by atoms with Gasteiger partial charge in [0.1, 0.15) is 12.4 Å². The first kappa shape index (κ1) is 17.1. The second-order valence-electron chi connectivity index (χ2n) is 6.57. The molecule has 0 aliphatic carbocycles. The Morgan fingerprint density at radius 3 is 2.59 bits per heavy atom. The molecule has 2 heteroatoms. The van der Waals surface area contributed by atoms with Gasteiger partial charge in [0.25, 0.3) is 0 Å². The summed E-state index contributed by atoms with van der Waals surface area (Å²) in [6.45, 7) is 9.44. The molecule has 0 amide bonds. The number of aryl methyl sites for hydroxylation is 1. The zero-order valence-electron chi connectivity index (χ0n) is 14.5. The van der Waals surface area contributed by atoms with Crippen molar-refractivity contribution >= 4 is 0 Å². The lowest BCUT2D eigenvalue weighted by Crippen LogP contribution is -2.07. The van der Waals surface area contributed by atoms with Gasteiger partial charge < -0.3 is 9.47 Å². The fraction of sp³-hybridized carbons (Fsp3) is 0.600. The summed E-state index contributed by atoms with van der Waals surface area (Å²) < 4.78 is 11.5. The van der Waals surface area contributed by atoms with Crippen LogP contribution in [0.3, 0.4) is 0 Å². The van der Waals surface area contributed by atoms with Gasteiger partial charge in [-0.2, -0.15) is 0 Å². The second kappa shape index (κ2) is 7.82. The number of allylic oxidation sites excluding steroid dienone is 1. The highest BCUT2D eigenvalue weighted by molar-refractivity contribution is 5.27. The van der Waals surface area contributed by atoms with Crippen molar-refractivity contribution in [2.24, 2.45) is 0 Å². The summed E-state index contributed by atoms with van der Waals surface area (Å²) in [5.74, 6) is 0.952. The summed E-state index contributed by atoms with van der Waals surface area (Å²) in [6, 6.07) is 8.45. The van der Waals surface area contributed by atoms with E-state index in [0.29, 0.717) is 12.7 Å². The predicted molar refractivity (Wildman–Crippen MR) is 92.5 cm³/mol. The summed E-state index contributed by atoms with van der Waals surface area (Å²) in [5, 5.41) is 0. The molecule has 1 aromatic rings. The molecular weight excluding hydrogens is 272 g/mol. The Bertz CT molecular complexity index is 489. The molecule has 122 valence electrons. The van der Waals surface area contributed by atoms with Crippen LogP contribution < -0.4 is 4.74 Å². The van der Waals surface area contributed by atoms with Crippen molar-refractivity contribution in [1.29, 1.82) is 0 Å². The minimum atomic E-state index is 0.150. The zero-order chi connectivity index (χ0) is 16.0. The van der Waals surface area contributed by atoms with E-state index in [9.17, 15) is 0 Å². The molecule has 2 rings (SSSR count). The van der Waals surface area contributed by atoms with Crippen LogP contribution >= 0.6 is 0 Å². The van der Waals surface area contributed by atoms with Crippen LogP contribution in [0.1, 0.15) is 58.9 Å². The Morgan fingerprint density at radius 2 is 2.00 bits per heavy atom. The second-order valence-corrected chi connectivity index (χ2v) is 6.57. The molecule has 0 radical (unpaired) electrons. The number of rotatable bonds is 9. The standard InChI is InChI=1S/C20H30O2/c1-5-7-17-9-11-18(12-10-17)21-15-14-16(3)8-13-19-20(4,6-2)22-19/h9-12,14,19H,5-8,13,15H2,1-4H3. The Hall–Kier alpha value is -1.28. The van der Waals surface area contributed by atoms with E-state index in [4.69, 9.17) is 9.47 Å². The maximum atomic E-state index is 5.79. The van der Waals surface area contributed by atoms with Crippen molar-refractivity contribution in [3.05, 3.63) is 41.5 Å². The average molecular weight is 302 g/mol. The van der Waals surface area contributed by atoms with Gasteiger partial charge in [-0.3, -0.25) is 0 Å². The summed E-state index contributed by atoms with van der Waals surface area (Å²) in [5.41, 5.74) is 2.92.